The van der Waals surface area contributed by atoms with Crippen molar-refractivity contribution in [1.29, 1.82) is 0 Å². The molecule has 0 aromatic heterocycles. The van der Waals surface area contributed by atoms with Crippen LogP contribution in [-0.4, -0.2) is 19.7 Å². The normalized spacial score (nSPS) is 28.3. The molecule has 1 unspecified atom stereocenters. The molecule has 0 bridgehead atoms. The van der Waals surface area contributed by atoms with Crippen LogP contribution in [0.3, 0.4) is 0 Å². The van der Waals surface area contributed by atoms with E-state index in [2.05, 4.69) is 30.4 Å². The Labute approximate surface area is 97.0 Å². The van der Waals surface area contributed by atoms with Gasteiger partial charge in [-0.2, -0.15) is 0 Å². The van der Waals surface area contributed by atoms with Crippen LogP contribution >= 0.6 is 0 Å². The molecular formula is C14H19NO. The van der Waals surface area contributed by atoms with Gasteiger partial charge in [-0.25, -0.2) is 0 Å². The lowest BCUT2D eigenvalue weighted by molar-refractivity contribution is -0.0695. The molecule has 0 amide bonds. The summed E-state index contributed by atoms with van der Waals surface area (Å²) in [5, 5.41) is 3.47. The van der Waals surface area contributed by atoms with Crippen LogP contribution in [0, 0.1) is 0 Å². The highest BCUT2D eigenvalue weighted by Gasteiger charge is 2.40. The predicted octanol–water partition coefficient (Wildman–Crippen LogP) is 2.01. The summed E-state index contributed by atoms with van der Waals surface area (Å²) in [7, 11) is 0. The minimum atomic E-state index is -0.0151. The van der Waals surface area contributed by atoms with Gasteiger partial charge in [0, 0.05) is 13.1 Å². The van der Waals surface area contributed by atoms with Crippen LogP contribution in [0.1, 0.15) is 30.0 Å². The van der Waals surface area contributed by atoms with Gasteiger partial charge in [-0.3, -0.25) is 0 Å². The Kier molecular flexibility index (Phi) is 2.49. The van der Waals surface area contributed by atoms with E-state index in [0.717, 1.165) is 32.5 Å². The number of fused-ring (bicyclic) bond motifs is 2. The van der Waals surface area contributed by atoms with E-state index < -0.39 is 0 Å². The molecule has 0 radical (unpaired) electrons. The molecule has 2 heteroatoms. The summed E-state index contributed by atoms with van der Waals surface area (Å²) in [6.45, 7) is 5.02. The average Bonchev–Trinajstić information content (AvgIpc) is 2.69. The standard InChI is InChI=1S/C14H19NO/c1-2-11-3-4-12-5-6-14(13(12)9-11)10-15-7-8-16-14/h3-4,9,15H,2,5-8,10H2,1H3. The van der Waals surface area contributed by atoms with Crippen LogP contribution in [0.15, 0.2) is 18.2 Å². The largest absolute Gasteiger partial charge is 0.368 e. The first-order chi connectivity index (χ1) is 7.84. The van der Waals surface area contributed by atoms with Crippen molar-refractivity contribution in [3.63, 3.8) is 0 Å². The van der Waals surface area contributed by atoms with Crippen LogP contribution in [0.4, 0.5) is 0 Å². The van der Waals surface area contributed by atoms with Crippen LogP contribution < -0.4 is 5.32 Å². The zero-order valence-corrected chi connectivity index (χ0v) is 9.88. The Hall–Kier alpha value is -0.860. The van der Waals surface area contributed by atoms with Crippen LogP contribution in [-0.2, 0) is 23.2 Å². The summed E-state index contributed by atoms with van der Waals surface area (Å²) in [6, 6.07) is 6.91. The molecule has 1 spiro atoms. The minimum absolute atomic E-state index is 0.0151. The van der Waals surface area contributed by atoms with Gasteiger partial charge in [0.05, 0.1) is 6.61 Å². The Morgan fingerprint density at radius 1 is 1.44 bits per heavy atom. The molecule has 0 saturated carbocycles. The Bertz CT molecular complexity index is 388. The summed E-state index contributed by atoms with van der Waals surface area (Å²) in [4.78, 5) is 0. The van der Waals surface area contributed by atoms with Gasteiger partial charge in [0.25, 0.3) is 0 Å². The first-order valence-corrected chi connectivity index (χ1v) is 6.31. The second-order valence-corrected chi connectivity index (χ2v) is 4.86. The quantitative estimate of drug-likeness (QED) is 0.777. The molecule has 1 aromatic rings. The number of rotatable bonds is 1. The number of hydrogen-bond acceptors (Lipinski definition) is 2. The zero-order chi connectivity index (χ0) is 11.0. The Morgan fingerprint density at radius 2 is 2.38 bits per heavy atom. The van der Waals surface area contributed by atoms with E-state index in [1.165, 1.54) is 23.1 Å². The second-order valence-electron chi connectivity index (χ2n) is 4.86. The Morgan fingerprint density at radius 3 is 3.12 bits per heavy atom. The third kappa shape index (κ3) is 1.48. The zero-order valence-electron chi connectivity index (χ0n) is 9.88. The van der Waals surface area contributed by atoms with E-state index in [1.807, 2.05) is 0 Å². The molecule has 1 aliphatic heterocycles. The second kappa shape index (κ2) is 3.86. The molecule has 3 rings (SSSR count). The van der Waals surface area contributed by atoms with Crippen molar-refractivity contribution < 1.29 is 4.74 Å². The fourth-order valence-corrected chi connectivity index (χ4v) is 2.95. The number of ether oxygens (including phenoxy) is 1. The fraction of sp³-hybridized carbons (Fsp3) is 0.571. The first-order valence-electron chi connectivity index (χ1n) is 6.31. The average molecular weight is 217 g/mol. The molecule has 1 fully saturated rings. The van der Waals surface area contributed by atoms with E-state index in [9.17, 15) is 0 Å². The van der Waals surface area contributed by atoms with Crippen LogP contribution in [0.5, 0.6) is 0 Å². The molecule has 1 atom stereocenters. The predicted molar refractivity (Wildman–Crippen MR) is 64.6 cm³/mol. The van der Waals surface area contributed by atoms with E-state index in [-0.39, 0.29) is 5.60 Å². The highest BCUT2D eigenvalue weighted by molar-refractivity contribution is 5.41. The minimum Gasteiger partial charge on any atom is -0.368 e. The van der Waals surface area contributed by atoms with Crippen molar-refractivity contribution in [2.24, 2.45) is 0 Å². The molecule has 1 N–H and O–H groups in total. The lowest BCUT2D eigenvalue weighted by Crippen LogP contribution is -2.46. The van der Waals surface area contributed by atoms with E-state index >= 15 is 0 Å². The molecule has 1 heterocycles. The fourth-order valence-electron chi connectivity index (χ4n) is 2.95. The lowest BCUT2D eigenvalue weighted by Gasteiger charge is -2.35. The Balaban J connectivity index is 2.02. The molecule has 2 nitrogen and oxygen atoms in total. The van der Waals surface area contributed by atoms with Gasteiger partial charge in [0.1, 0.15) is 5.60 Å². The van der Waals surface area contributed by atoms with Gasteiger partial charge in [-0.15, -0.1) is 0 Å². The number of benzene rings is 1. The van der Waals surface area contributed by atoms with E-state index in [4.69, 9.17) is 4.74 Å². The van der Waals surface area contributed by atoms with Crippen LogP contribution in [0.2, 0.25) is 0 Å². The van der Waals surface area contributed by atoms with Gasteiger partial charge in [0.2, 0.25) is 0 Å². The van der Waals surface area contributed by atoms with E-state index in [0.29, 0.717) is 0 Å². The SMILES string of the molecule is CCc1ccc2c(c1)C1(CC2)CNCCO1. The van der Waals surface area contributed by atoms with Crippen molar-refractivity contribution >= 4 is 0 Å². The van der Waals surface area contributed by atoms with Gasteiger partial charge < -0.3 is 10.1 Å². The topological polar surface area (TPSA) is 21.3 Å². The van der Waals surface area contributed by atoms with Crippen molar-refractivity contribution in [2.45, 2.75) is 31.8 Å². The van der Waals surface area contributed by atoms with Gasteiger partial charge in [-0.05, 0) is 36.0 Å². The molecule has 2 aliphatic rings. The smallest absolute Gasteiger partial charge is 0.106 e. The maximum Gasteiger partial charge on any atom is 0.106 e. The van der Waals surface area contributed by atoms with Crippen molar-refractivity contribution in [1.82, 2.24) is 5.32 Å². The van der Waals surface area contributed by atoms with Crippen LogP contribution in [0.25, 0.3) is 0 Å². The molecule has 1 aliphatic carbocycles. The summed E-state index contributed by atoms with van der Waals surface area (Å²) >= 11 is 0. The molecule has 1 aromatic carbocycles. The van der Waals surface area contributed by atoms with Crippen molar-refractivity contribution in [2.75, 3.05) is 19.7 Å². The number of nitrogens with one attached hydrogen (secondary N) is 1. The van der Waals surface area contributed by atoms with Crippen molar-refractivity contribution in [3.05, 3.63) is 34.9 Å². The maximum atomic E-state index is 6.09. The monoisotopic (exact) mass is 217 g/mol. The molecule has 16 heavy (non-hydrogen) atoms. The summed E-state index contributed by atoms with van der Waals surface area (Å²) in [6.07, 6.45) is 3.42. The van der Waals surface area contributed by atoms with E-state index in [1.54, 1.807) is 0 Å². The maximum absolute atomic E-state index is 6.09. The van der Waals surface area contributed by atoms with Gasteiger partial charge in [0.15, 0.2) is 0 Å². The number of aryl methyl sites for hydroxylation is 2. The molecular weight excluding hydrogens is 198 g/mol. The molecule has 86 valence electrons. The highest BCUT2D eigenvalue weighted by Crippen LogP contribution is 2.41. The summed E-state index contributed by atoms with van der Waals surface area (Å²) in [5.74, 6) is 0. The third-order valence-corrected chi connectivity index (χ3v) is 3.94. The summed E-state index contributed by atoms with van der Waals surface area (Å²) < 4.78 is 6.09. The van der Waals surface area contributed by atoms with Crippen molar-refractivity contribution in [3.8, 4) is 0 Å². The third-order valence-electron chi connectivity index (χ3n) is 3.94. The first kappa shape index (κ1) is 10.3. The highest BCUT2D eigenvalue weighted by atomic mass is 16.5. The lowest BCUT2D eigenvalue weighted by atomic mass is 9.92. The summed E-state index contributed by atoms with van der Waals surface area (Å²) in [5.41, 5.74) is 4.34. The number of morpholine rings is 1. The van der Waals surface area contributed by atoms with Gasteiger partial charge >= 0.3 is 0 Å². The van der Waals surface area contributed by atoms with Gasteiger partial charge in [-0.1, -0.05) is 25.1 Å². The molecule has 1 saturated heterocycles. The number of hydrogen-bond donors (Lipinski definition) is 1.